The van der Waals surface area contributed by atoms with Gasteiger partial charge in [-0.25, -0.2) is 0 Å². The molecular weight excluding hydrogens is 289 g/mol. The first-order valence-electron chi connectivity index (χ1n) is 5.32. The molecule has 0 unspecified atom stereocenters. The van der Waals surface area contributed by atoms with Crippen LogP contribution in [0.15, 0.2) is 24.3 Å². The number of methoxy groups -OCH3 is 2. The second-order valence-electron chi connectivity index (χ2n) is 3.56. The largest absolute Gasteiger partial charge is 0.497 e. The van der Waals surface area contributed by atoms with Crippen LogP contribution in [0.1, 0.15) is 0 Å². The smallest absolute Gasteiger partial charge is 0.175 e. The Morgan fingerprint density at radius 1 is 1.00 bits per heavy atom. The van der Waals surface area contributed by atoms with E-state index in [2.05, 4.69) is 15.5 Å². The van der Waals surface area contributed by atoms with Crippen molar-refractivity contribution in [3.63, 3.8) is 0 Å². The topological polar surface area (TPSA) is 56.3 Å². The maximum atomic E-state index is 5.94. The molecule has 1 heterocycles. The van der Waals surface area contributed by atoms with Crippen molar-refractivity contribution in [2.24, 2.45) is 0 Å². The first-order chi connectivity index (χ1) is 9.13. The molecule has 0 spiro atoms. The number of hydrogen-bond donors (Lipinski definition) is 1. The van der Waals surface area contributed by atoms with Crippen molar-refractivity contribution in [2.45, 2.75) is 0 Å². The summed E-state index contributed by atoms with van der Waals surface area (Å²) in [5.41, 5.74) is 1.26. The zero-order chi connectivity index (χ0) is 13.8. The highest BCUT2D eigenvalue weighted by molar-refractivity contribution is 6.33. The molecule has 0 saturated carbocycles. The van der Waals surface area contributed by atoms with Crippen LogP contribution in [0.4, 0.5) is 11.4 Å². The number of ether oxygens (including phenoxy) is 2. The summed E-state index contributed by atoms with van der Waals surface area (Å²) < 4.78 is 10.4. The van der Waals surface area contributed by atoms with Gasteiger partial charge in [0, 0.05) is 12.1 Å². The molecule has 2 rings (SSSR count). The fraction of sp³-hybridized carbons (Fsp3) is 0.167. The molecule has 0 saturated heterocycles. The molecule has 1 N–H and O–H groups in total. The highest BCUT2D eigenvalue weighted by Crippen LogP contribution is 2.33. The fourth-order valence-corrected chi connectivity index (χ4v) is 1.77. The summed E-state index contributed by atoms with van der Waals surface area (Å²) in [5, 5.41) is 10.9. The number of anilines is 2. The van der Waals surface area contributed by atoms with Gasteiger partial charge in [0.15, 0.2) is 10.3 Å². The van der Waals surface area contributed by atoms with Crippen molar-refractivity contribution in [3.05, 3.63) is 34.6 Å². The lowest BCUT2D eigenvalue weighted by Crippen LogP contribution is -1.98. The van der Waals surface area contributed by atoms with Crippen LogP contribution in [-0.2, 0) is 0 Å². The van der Waals surface area contributed by atoms with Crippen LogP contribution in [0.2, 0.25) is 10.3 Å². The number of halogens is 2. The minimum absolute atomic E-state index is 0.224. The van der Waals surface area contributed by atoms with Crippen LogP contribution >= 0.6 is 23.2 Å². The van der Waals surface area contributed by atoms with Gasteiger partial charge in [-0.3, -0.25) is 0 Å². The summed E-state index contributed by atoms with van der Waals surface area (Å²) in [6, 6.07) is 6.95. The van der Waals surface area contributed by atoms with Gasteiger partial charge in [0.1, 0.15) is 11.5 Å². The average molecular weight is 300 g/mol. The number of benzene rings is 1. The van der Waals surface area contributed by atoms with Crippen molar-refractivity contribution in [1.82, 2.24) is 10.2 Å². The molecule has 0 radical (unpaired) electrons. The summed E-state index contributed by atoms with van der Waals surface area (Å²) in [7, 11) is 3.16. The van der Waals surface area contributed by atoms with Crippen LogP contribution in [0, 0.1) is 0 Å². The van der Waals surface area contributed by atoms with Crippen LogP contribution in [-0.4, -0.2) is 24.4 Å². The minimum atomic E-state index is 0.224. The third kappa shape index (κ3) is 3.19. The van der Waals surface area contributed by atoms with Crippen LogP contribution in [0.25, 0.3) is 0 Å². The van der Waals surface area contributed by atoms with Crippen molar-refractivity contribution in [3.8, 4) is 11.5 Å². The van der Waals surface area contributed by atoms with Crippen LogP contribution in [0.3, 0.4) is 0 Å². The standard InChI is InChI=1S/C12H11Cl2N3O2/c1-18-7-3-4-8(10(5-7)19-2)15-9-6-11(13)16-17-12(9)14/h3-6H,1-2H3,(H,15,16). The Morgan fingerprint density at radius 2 is 1.79 bits per heavy atom. The Hall–Kier alpha value is -1.72. The van der Waals surface area contributed by atoms with Crippen molar-refractivity contribution >= 4 is 34.6 Å². The maximum Gasteiger partial charge on any atom is 0.175 e. The van der Waals surface area contributed by atoms with E-state index in [4.69, 9.17) is 32.7 Å². The Bertz CT molecular complexity index is 593. The van der Waals surface area contributed by atoms with Gasteiger partial charge in [-0.05, 0) is 12.1 Å². The molecule has 0 bridgehead atoms. The highest BCUT2D eigenvalue weighted by atomic mass is 35.5. The first kappa shape index (κ1) is 13.7. The average Bonchev–Trinajstić information content (AvgIpc) is 2.43. The van der Waals surface area contributed by atoms with E-state index >= 15 is 0 Å². The normalized spacial score (nSPS) is 10.1. The lowest BCUT2D eigenvalue weighted by molar-refractivity contribution is 0.395. The molecule has 0 amide bonds. The number of aromatic nitrogens is 2. The molecule has 100 valence electrons. The monoisotopic (exact) mass is 299 g/mol. The number of nitrogens with zero attached hydrogens (tertiary/aromatic N) is 2. The van der Waals surface area contributed by atoms with E-state index in [-0.39, 0.29) is 10.3 Å². The molecule has 0 aliphatic carbocycles. The predicted octanol–water partition coefficient (Wildman–Crippen LogP) is 3.54. The lowest BCUT2D eigenvalue weighted by atomic mass is 10.2. The second kappa shape index (κ2) is 5.95. The van der Waals surface area contributed by atoms with Gasteiger partial charge in [0.05, 0.1) is 25.6 Å². The molecule has 0 fully saturated rings. The summed E-state index contributed by atoms with van der Waals surface area (Å²) in [4.78, 5) is 0. The van der Waals surface area contributed by atoms with Crippen molar-refractivity contribution < 1.29 is 9.47 Å². The molecule has 7 heteroatoms. The Labute approximate surface area is 120 Å². The Morgan fingerprint density at radius 3 is 2.47 bits per heavy atom. The van der Waals surface area contributed by atoms with Gasteiger partial charge in [0.25, 0.3) is 0 Å². The summed E-state index contributed by atoms with van der Waals surface area (Å²) in [5.74, 6) is 1.31. The second-order valence-corrected chi connectivity index (χ2v) is 4.31. The van der Waals surface area contributed by atoms with E-state index < -0.39 is 0 Å². The summed E-state index contributed by atoms with van der Waals surface area (Å²) >= 11 is 11.7. The van der Waals surface area contributed by atoms with Crippen molar-refractivity contribution in [2.75, 3.05) is 19.5 Å². The van der Waals surface area contributed by atoms with Crippen molar-refractivity contribution in [1.29, 1.82) is 0 Å². The van der Waals surface area contributed by atoms with E-state index in [1.165, 1.54) is 0 Å². The minimum Gasteiger partial charge on any atom is -0.497 e. The van der Waals surface area contributed by atoms with Gasteiger partial charge in [-0.1, -0.05) is 23.2 Å². The Kier molecular flexibility index (Phi) is 4.29. The number of nitrogens with one attached hydrogen (secondary N) is 1. The summed E-state index contributed by atoms with van der Waals surface area (Å²) in [6.45, 7) is 0. The predicted molar refractivity (Wildman–Crippen MR) is 74.9 cm³/mol. The molecule has 0 aliphatic heterocycles. The third-order valence-electron chi connectivity index (χ3n) is 2.40. The van der Waals surface area contributed by atoms with Gasteiger partial charge in [-0.2, -0.15) is 0 Å². The van der Waals surface area contributed by atoms with E-state index in [1.807, 2.05) is 6.07 Å². The molecule has 1 aromatic heterocycles. The van der Waals surface area contributed by atoms with E-state index in [1.54, 1.807) is 32.4 Å². The third-order valence-corrected chi connectivity index (χ3v) is 2.86. The molecule has 0 atom stereocenters. The Balaban J connectivity index is 2.35. The fourth-order valence-electron chi connectivity index (χ4n) is 1.49. The SMILES string of the molecule is COc1ccc(Nc2cc(Cl)nnc2Cl)c(OC)c1. The number of hydrogen-bond acceptors (Lipinski definition) is 5. The first-order valence-corrected chi connectivity index (χ1v) is 6.07. The van der Waals surface area contributed by atoms with Gasteiger partial charge in [-0.15, -0.1) is 10.2 Å². The lowest BCUT2D eigenvalue weighted by Gasteiger charge is -2.12. The molecule has 5 nitrogen and oxygen atoms in total. The van der Waals surface area contributed by atoms with Gasteiger partial charge >= 0.3 is 0 Å². The van der Waals surface area contributed by atoms with Crippen LogP contribution < -0.4 is 14.8 Å². The van der Waals surface area contributed by atoms with Crippen LogP contribution in [0.5, 0.6) is 11.5 Å². The quantitative estimate of drug-likeness (QED) is 0.936. The van der Waals surface area contributed by atoms with E-state index in [0.717, 1.165) is 0 Å². The van der Waals surface area contributed by atoms with Gasteiger partial charge in [0.2, 0.25) is 0 Å². The molecular formula is C12H11Cl2N3O2. The summed E-state index contributed by atoms with van der Waals surface area (Å²) in [6.07, 6.45) is 0. The zero-order valence-electron chi connectivity index (χ0n) is 10.3. The van der Waals surface area contributed by atoms with Gasteiger partial charge < -0.3 is 14.8 Å². The number of rotatable bonds is 4. The van der Waals surface area contributed by atoms with E-state index in [0.29, 0.717) is 22.9 Å². The molecule has 1 aromatic carbocycles. The zero-order valence-corrected chi connectivity index (χ0v) is 11.8. The molecule has 0 aliphatic rings. The molecule has 2 aromatic rings. The molecule has 19 heavy (non-hydrogen) atoms. The maximum absolute atomic E-state index is 5.94. The van der Waals surface area contributed by atoms with E-state index in [9.17, 15) is 0 Å². The highest BCUT2D eigenvalue weighted by Gasteiger charge is 2.09.